The molecule has 0 radical (unpaired) electrons. The van der Waals surface area contributed by atoms with Crippen LogP contribution in [0.2, 0.25) is 0 Å². The molecule has 1 aromatic rings. The van der Waals surface area contributed by atoms with E-state index in [1.165, 1.54) is 0 Å². The number of carbonyl (C=O) groups excluding carboxylic acids is 1. The molecule has 0 unspecified atom stereocenters. The summed E-state index contributed by atoms with van der Waals surface area (Å²) in [4.78, 5) is 11.5. The maximum absolute atomic E-state index is 11.5. The Kier molecular flexibility index (Phi) is 5.16. The number of ether oxygens (including phenoxy) is 1. The predicted octanol–water partition coefficient (Wildman–Crippen LogP) is 2.93. The summed E-state index contributed by atoms with van der Waals surface area (Å²) in [6.45, 7) is 6.32. The molecule has 0 spiro atoms. The third-order valence-corrected chi connectivity index (χ3v) is 3.00. The third-order valence-electron chi connectivity index (χ3n) is 2.26. The van der Waals surface area contributed by atoms with Crippen LogP contribution >= 0.6 is 15.9 Å². The van der Waals surface area contributed by atoms with E-state index in [1.54, 1.807) is 0 Å². The maximum atomic E-state index is 11.5. The number of amides is 1. The molecule has 4 nitrogen and oxygen atoms in total. The number of carbonyl (C=O) groups is 1. The van der Waals surface area contributed by atoms with Crippen LogP contribution in [0, 0.1) is 0 Å². The Balaban J connectivity index is 2.64. The first kappa shape index (κ1) is 15.0. The molecule has 0 aliphatic heterocycles. The molecule has 100 valence electrons. The van der Waals surface area contributed by atoms with Crippen molar-refractivity contribution < 1.29 is 9.53 Å². The summed E-state index contributed by atoms with van der Waals surface area (Å²) in [6.07, 6.45) is -0.426. The lowest BCUT2D eigenvalue weighted by atomic mass is 10.1. The summed E-state index contributed by atoms with van der Waals surface area (Å²) >= 11 is 3.43. The summed E-state index contributed by atoms with van der Waals surface area (Å²) in [5.41, 5.74) is 7.25. The number of hydrogen-bond acceptors (Lipinski definition) is 3. The van der Waals surface area contributed by atoms with Gasteiger partial charge in [0.1, 0.15) is 6.61 Å². The molecule has 1 aromatic carbocycles. The number of nitrogens with one attached hydrogen (secondary N) is 1. The van der Waals surface area contributed by atoms with Crippen molar-refractivity contribution in [1.29, 1.82) is 0 Å². The Bertz CT molecular complexity index is 427. The second kappa shape index (κ2) is 6.20. The van der Waals surface area contributed by atoms with Crippen molar-refractivity contribution in [3.05, 3.63) is 33.8 Å². The number of halogens is 1. The summed E-state index contributed by atoms with van der Waals surface area (Å²) in [5, 5.41) is 2.74. The van der Waals surface area contributed by atoms with Crippen molar-refractivity contribution in [2.24, 2.45) is 5.73 Å². The minimum atomic E-state index is -0.426. The number of alkyl carbamates (subject to hydrolysis) is 1. The Labute approximate surface area is 116 Å². The van der Waals surface area contributed by atoms with Crippen LogP contribution in [0.1, 0.15) is 31.9 Å². The maximum Gasteiger partial charge on any atom is 0.407 e. The first-order valence-corrected chi connectivity index (χ1v) is 6.54. The highest BCUT2D eigenvalue weighted by Gasteiger charge is 2.15. The van der Waals surface area contributed by atoms with Gasteiger partial charge in [0.05, 0.1) is 0 Å². The summed E-state index contributed by atoms with van der Waals surface area (Å²) < 4.78 is 6.11. The molecular weight excluding hydrogens is 296 g/mol. The van der Waals surface area contributed by atoms with Gasteiger partial charge in [-0.05, 0) is 38.0 Å². The van der Waals surface area contributed by atoms with Gasteiger partial charge in [-0.3, -0.25) is 0 Å². The molecule has 1 rings (SSSR count). The fourth-order valence-electron chi connectivity index (χ4n) is 1.45. The smallest absolute Gasteiger partial charge is 0.407 e. The largest absolute Gasteiger partial charge is 0.445 e. The summed E-state index contributed by atoms with van der Waals surface area (Å²) in [7, 11) is 0. The number of hydrogen-bond donors (Lipinski definition) is 2. The zero-order valence-corrected chi connectivity index (χ0v) is 12.5. The van der Waals surface area contributed by atoms with Gasteiger partial charge in [-0.15, -0.1) is 0 Å². The van der Waals surface area contributed by atoms with Gasteiger partial charge in [-0.2, -0.15) is 0 Å². The highest BCUT2D eigenvalue weighted by Crippen LogP contribution is 2.20. The summed E-state index contributed by atoms with van der Waals surface area (Å²) in [5.74, 6) is 0. The number of rotatable bonds is 3. The van der Waals surface area contributed by atoms with Crippen LogP contribution in [0.4, 0.5) is 4.79 Å². The van der Waals surface area contributed by atoms with Gasteiger partial charge in [0.25, 0.3) is 0 Å². The van der Waals surface area contributed by atoms with Crippen LogP contribution in [0.3, 0.4) is 0 Å². The van der Waals surface area contributed by atoms with Gasteiger partial charge in [0, 0.05) is 16.6 Å². The van der Waals surface area contributed by atoms with Gasteiger partial charge in [0.15, 0.2) is 0 Å². The van der Waals surface area contributed by atoms with Crippen molar-refractivity contribution in [3.8, 4) is 0 Å². The molecular formula is C13H19BrN2O2. The average molecular weight is 315 g/mol. The Morgan fingerprint density at radius 3 is 2.67 bits per heavy atom. The monoisotopic (exact) mass is 314 g/mol. The van der Waals surface area contributed by atoms with Crippen molar-refractivity contribution >= 4 is 22.0 Å². The molecule has 0 saturated carbocycles. The lowest BCUT2D eigenvalue weighted by Crippen LogP contribution is -2.40. The van der Waals surface area contributed by atoms with Gasteiger partial charge < -0.3 is 15.8 Å². The normalized spacial score (nSPS) is 11.2. The SMILES string of the molecule is CC(C)(C)NC(=O)OCc1cccc(Br)c1CN. The van der Waals surface area contributed by atoms with Crippen LogP contribution < -0.4 is 11.1 Å². The van der Waals surface area contributed by atoms with Gasteiger partial charge in [0.2, 0.25) is 0 Å². The first-order chi connectivity index (χ1) is 8.33. The highest BCUT2D eigenvalue weighted by atomic mass is 79.9. The van der Waals surface area contributed by atoms with Crippen molar-refractivity contribution in [2.45, 2.75) is 39.5 Å². The molecule has 0 bridgehead atoms. The van der Waals surface area contributed by atoms with Crippen LogP contribution in [0.15, 0.2) is 22.7 Å². The number of benzene rings is 1. The van der Waals surface area contributed by atoms with E-state index in [0.29, 0.717) is 6.54 Å². The third kappa shape index (κ3) is 4.66. The van der Waals surface area contributed by atoms with Crippen LogP contribution in [0.25, 0.3) is 0 Å². The molecule has 3 N–H and O–H groups in total. The van der Waals surface area contributed by atoms with E-state index >= 15 is 0 Å². The molecule has 1 amide bonds. The Morgan fingerprint density at radius 2 is 2.11 bits per heavy atom. The Morgan fingerprint density at radius 1 is 1.44 bits per heavy atom. The van der Waals surface area contributed by atoms with E-state index in [0.717, 1.165) is 15.6 Å². The fourth-order valence-corrected chi connectivity index (χ4v) is 2.02. The van der Waals surface area contributed by atoms with Crippen LogP contribution in [-0.4, -0.2) is 11.6 Å². The first-order valence-electron chi connectivity index (χ1n) is 5.75. The predicted molar refractivity (Wildman–Crippen MR) is 75.1 cm³/mol. The molecule has 0 aliphatic carbocycles. The zero-order valence-electron chi connectivity index (χ0n) is 10.9. The van der Waals surface area contributed by atoms with E-state index in [1.807, 2.05) is 39.0 Å². The lowest BCUT2D eigenvalue weighted by Gasteiger charge is -2.20. The average Bonchev–Trinajstić information content (AvgIpc) is 2.24. The second-order valence-corrected chi connectivity index (χ2v) is 5.89. The van der Waals surface area contributed by atoms with E-state index in [4.69, 9.17) is 10.5 Å². The van der Waals surface area contributed by atoms with Crippen LogP contribution in [-0.2, 0) is 17.9 Å². The van der Waals surface area contributed by atoms with E-state index < -0.39 is 6.09 Å². The molecule has 18 heavy (non-hydrogen) atoms. The van der Waals surface area contributed by atoms with E-state index in [2.05, 4.69) is 21.2 Å². The fraction of sp³-hybridized carbons (Fsp3) is 0.462. The molecule has 0 atom stereocenters. The topological polar surface area (TPSA) is 64.3 Å². The molecule has 0 saturated heterocycles. The van der Waals surface area contributed by atoms with E-state index in [9.17, 15) is 4.79 Å². The number of nitrogens with two attached hydrogens (primary N) is 1. The minimum absolute atomic E-state index is 0.216. The second-order valence-electron chi connectivity index (χ2n) is 5.03. The molecule has 0 aliphatic rings. The van der Waals surface area contributed by atoms with Gasteiger partial charge in [-0.25, -0.2) is 4.79 Å². The van der Waals surface area contributed by atoms with Gasteiger partial charge in [-0.1, -0.05) is 28.1 Å². The lowest BCUT2D eigenvalue weighted by molar-refractivity contribution is 0.131. The molecule has 0 fully saturated rings. The van der Waals surface area contributed by atoms with Crippen molar-refractivity contribution in [2.75, 3.05) is 0 Å². The van der Waals surface area contributed by atoms with Crippen LogP contribution in [0.5, 0.6) is 0 Å². The standard InChI is InChI=1S/C13H19BrN2O2/c1-13(2,3)16-12(17)18-8-9-5-4-6-11(14)10(9)7-15/h4-6H,7-8,15H2,1-3H3,(H,16,17). The molecule has 5 heteroatoms. The summed E-state index contributed by atoms with van der Waals surface area (Å²) in [6, 6.07) is 5.71. The molecule has 0 aromatic heterocycles. The minimum Gasteiger partial charge on any atom is -0.445 e. The highest BCUT2D eigenvalue weighted by molar-refractivity contribution is 9.10. The molecule has 0 heterocycles. The van der Waals surface area contributed by atoms with E-state index in [-0.39, 0.29) is 12.1 Å². The zero-order chi connectivity index (χ0) is 13.8. The Hall–Kier alpha value is -1.07. The van der Waals surface area contributed by atoms with Crippen molar-refractivity contribution in [3.63, 3.8) is 0 Å². The van der Waals surface area contributed by atoms with Gasteiger partial charge >= 0.3 is 6.09 Å². The quantitative estimate of drug-likeness (QED) is 0.901. The van der Waals surface area contributed by atoms with Crippen molar-refractivity contribution in [1.82, 2.24) is 5.32 Å².